The molecule has 0 fully saturated rings. The van der Waals surface area contributed by atoms with Crippen molar-refractivity contribution in [3.05, 3.63) is 58.6 Å². The van der Waals surface area contributed by atoms with Gasteiger partial charge in [0, 0.05) is 10.7 Å². The summed E-state index contributed by atoms with van der Waals surface area (Å²) in [4.78, 5) is 11.8. The largest absolute Gasteiger partial charge is 0.417 e. The summed E-state index contributed by atoms with van der Waals surface area (Å²) in [7, 11) is 0. The minimum atomic E-state index is -0.528. The van der Waals surface area contributed by atoms with E-state index in [9.17, 15) is 4.79 Å². The van der Waals surface area contributed by atoms with Gasteiger partial charge >= 0.3 is 6.09 Å². The first-order valence-corrected chi connectivity index (χ1v) is 6.79. The minimum absolute atomic E-state index is 0.528. The lowest BCUT2D eigenvalue weighted by Crippen LogP contribution is -2.16. The number of halogens is 1. The van der Waals surface area contributed by atoms with E-state index in [4.69, 9.17) is 16.3 Å². The third kappa shape index (κ3) is 4.00. The van der Waals surface area contributed by atoms with Crippen LogP contribution in [0.4, 0.5) is 10.5 Å². The maximum Gasteiger partial charge on any atom is 0.417 e. The molecule has 0 aliphatic carbocycles. The quantitative estimate of drug-likeness (QED) is 0.879. The summed E-state index contributed by atoms with van der Waals surface area (Å²) >= 11 is 5.86. The monoisotopic (exact) mass is 289 g/mol. The van der Waals surface area contributed by atoms with Crippen LogP contribution < -0.4 is 10.1 Å². The van der Waals surface area contributed by atoms with Crippen LogP contribution in [0.1, 0.15) is 18.1 Å². The first kappa shape index (κ1) is 14.4. The molecule has 0 heterocycles. The summed E-state index contributed by atoms with van der Waals surface area (Å²) in [6.45, 7) is 4.03. The van der Waals surface area contributed by atoms with Crippen molar-refractivity contribution in [2.75, 3.05) is 5.32 Å². The van der Waals surface area contributed by atoms with E-state index >= 15 is 0 Å². The van der Waals surface area contributed by atoms with Crippen LogP contribution in [0.5, 0.6) is 5.75 Å². The zero-order chi connectivity index (χ0) is 14.5. The molecule has 2 rings (SSSR count). The van der Waals surface area contributed by atoms with Crippen LogP contribution in [-0.4, -0.2) is 6.09 Å². The Morgan fingerprint density at radius 3 is 2.75 bits per heavy atom. The van der Waals surface area contributed by atoms with E-state index in [0.717, 1.165) is 17.5 Å². The topological polar surface area (TPSA) is 38.3 Å². The number of hydrogen-bond donors (Lipinski definition) is 1. The number of benzene rings is 2. The molecule has 20 heavy (non-hydrogen) atoms. The molecule has 0 saturated carbocycles. The Kier molecular flexibility index (Phi) is 4.64. The van der Waals surface area contributed by atoms with E-state index in [1.165, 1.54) is 0 Å². The minimum Gasteiger partial charge on any atom is -0.410 e. The van der Waals surface area contributed by atoms with Gasteiger partial charge in [0.05, 0.1) is 0 Å². The van der Waals surface area contributed by atoms with Crippen molar-refractivity contribution < 1.29 is 9.53 Å². The molecule has 0 spiro atoms. The average Bonchev–Trinajstić information content (AvgIpc) is 2.37. The zero-order valence-corrected chi connectivity index (χ0v) is 12.2. The molecule has 2 aromatic rings. The molecule has 3 nitrogen and oxygen atoms in total. The Morgan fingerprint density at radius 2 is 2.05 bits per heavy atom. The fraction of sp³-hybridized carbons (Fsp3) is 0.188. The summed E-state index contributed by atoms with van der Waals surface area (Å²) < 4.78 is 5.29. The van der Waals surface area contributed by atoms with Crippen LogP contribution in [-0.2, 0) is 6.42 Å². The first-order chi connectivity index (χ1) is 9.56. The van der Waals surface area contributed by atoms with E-state index < -0.39 is 6.09 Å². The van der Waals surface area contributed by atoms with Gasteiger partial charge in [0.15, 0.2) is 0 Å². The zero-order valence-electron chi connectivity index (χ0n) is 11.4. The van der Waals surface area contributed by atoms with Crippen molar-refractivity contribution in [2.45, 2.75) is 20.3 Å². The number of nitrogens with one attached hydrogen (secondary N) is 1. The number of rotatable bonds is 3. The number of anilines is 1. The highest BCUT2D eigenvalue weighted by Crippen LogP contribution is 2.19. The normalized spacial score (nSPS) is 10.2. The van der Waals surface area contributed by atoms with E-state index in [0.29, 0.717) is 16.5 Å². The number of carbonyl (C=O) groups is 1. The summed E-state index contributed by atoms with van der Waals surface area (Å²) in [5.41, 5.74) is 2.80. The second-order valence-corrected chi connectivity index (χ2v) is 4.97. The highest BCUT2D eigenvalue weighted by atomic mass is 35.5. The lowest BCUT2D eigenvalue weighted by atomic mass is 10.1. The van der Waals surface area contributed by atoms with Crippen LogP contribution in [0.2, 0.25) is 5.02 Å². The van der Waals surface area contributed by atoms with Crippen LogP contribution in [0.3, 0.4) is 0 Å². The second-order valence-electron chi connectivity index (χ2n) is 4.53. The van der Waals surface area contributed by atoms with Gasteiger partial charge in [-0.05, 0) is 54.8 Å². The molecule has 1 N–H and O–H groups in total. The van der Waals surface area contributed by atoms with Crippen molar-refractivity contribution in [1.82, 2.24) is 0 Å². The molecule has 4 heteroatoms. The summed E-state index contributed by atoms with van der Waals surface area (Å²) in [6.07, 6.45) is 0.369. The van der Waals surface area contributed by atoms with E-state index in [1.807, 2.05) is 19.1 Å². The molecule has 1 amide bonds. The van der Waals surface area contributed by atoms with Crippen LogP contribution >= 0.6 is 11.6 Å². The van der Waals surface area contributed by atoms with Crippen molar-refractivity contribution in [3.8, 4) is 5.75 Å². The maximum absolute atomic E-state index is 11.8. The Bertz CT molecular complexity index is 626. The van der Waals surface area contributed by atoms with Gasteiger partial charge in [-0.15, -0.1) is 0 Å². The van der Waals surface area contributed by atoms with Gasteiger partial charge in [0.25, 0.3) is 0 Å². The molecule has 0 aromatic heterocycles. The first-order valence-electron chi connectivity index (χ1n) is 6.42. The van der Waals surface area contributed by atoms with E-state index in [-0.39, 0.29) is 0 Å². The molecule has 0 aliphatic rings. The molecular formula is C16H16ClNO2. The third-order valence-electron chi connectivity index (χ3n) is 2.80. The third-order valence-corrected chi connectivity index (χ3v) is 3.04. The number of hydrogen-bond acceptors (Lipinski definition) is 2. The molecule has 0 bridgehead atoms. The Hall–Kier alpha value is -2.00. The van der Waals surface area contributed by atoms with Gasteiger partial charge in [-0.25, -0.2) is 4.79 Å². The fourth-order valence-electron chi connectivity index (χ4n) is 1.90. The molecule has 104 valence electrons. The average molecular weight is 290 g/mol. The van der Waals surface area contributed by atoms with E-state index in [2.05, 4.69) is 18.3 Å². The van der Waals surface area contributed by atoms with Crippen molar-refractivity contribution in [2.24, 2.45) is 0 Å². The number of ether oxygens (including phenoxy) is 1. The highest BCUT2D eigenvalue weighted by molar-refractivity contribution is 6.30. The fourth-order valence-corrected chi connectivity index (χ4v) is 2.09. The molecule has 0 aliphatic heterocycles. The SMILES string of the molecule is CCc1cc(C)cc(OC(=O)Nc2cccc(Cl)c2)c1. The van der Waals surface area contributed by atoms with Gasteiger partial charge in [-0.3, -0.25) is 5.32 Å². The molecular weight excluding hydrogens is 274 g/mol. The van der Waals surface area contributed by atoms with Crippen molar-refractivity contribution >= 4 is 23.4 Å². The van der Waals surface area contributed by atoms with Gasteiger partial charge in [0.1, 0.15) is 5.75 Å². The van der Waals surface area contributed by atoms with Gasteiger partial charge in [-0.2, -0.15) is 0 Å². The highest BCUT2D eigenvalue weighted by Gasteiger charge is 2.06. The molecule has 0 radical (unpaired) electrons. The predicted octanol–water partition coefficient (Wildman–Crippen LogP) is 4.82. The molecule has 0 unspecified atom stereocenters. The van der Waals surface area contributed by atoms with Crippen molar-refractivity contribution in [1.29, 1.82) is 0 Å². The van der Waals surface area contributed by atoms with Crippen LogP contribution in [0, 0.1) is 6.92 Å². The summed E-state index contributed by atoms with van der Waals surface area (Å²) in [5.74, 6) is 0.543. The van der Waals surface area contributed by atoms with Gasteiger partial charge in [-0.1, -0.05) is 30.7 Å². The Morgan fingerprint density at radius 1 is 1.25 bits per heavy atom. The lowest BCUT2D eigenvalue weighted by Gasteiger charge is -2.09. The standard InChI is InChI=1S/C16H16ClNO2/c1-3-12-7-11(2)8-15(9-12)20-16(19)18-14-6-4-5-13(17)10-14/h4-10H,3H2,1-2H3,(H,18,19). The lowest BCUT2D eigenvalue weighted by molar-refractivity contribution is 0.215. The van der Waals surface area contributed by atoms with Crippen LogP contribution in [0.15, 0.2) is 42.5 Å². The van der Waals surface area contributed by atoms with Crippen LogP contribution in [0.25, 0.3) is 0 Å². The van der Waals surface area contributed by atoms with E-state index in [1.54, 1.807) is 24.3 Å². The Balaban J connectivity index is 2.06. The van der Waals surface area contributed by atoms with Gasteiger partial charge < -0.3 is 4.74 Å². The number of aryl methyl sites for hydroxylation is 2. The molecule has 0 atom stereocenters. The smallest absolute Gasteiger partial charge is 0.410 e. The maximum atomic E-state index is 11.8. The van der Waals surface area contributed by atoms with Gasteiger partial charge in [0.2, 0.25) is 0 Å². The number of amides is 1. The molecule has 0 saturated heterocycles. The number of carbonyl (C=O) groups excluding carboxylic acids is 1. The van der Waals surface area contributed by atoms with Crippen molar-refractivity contribution in [3.63, 3.8) is 0 Å². The molecule has 2 aromatic carbocycles. The predicted molar refractivity (Wildman–Crippen MR) is 81.7 cm³/mol. The summed E-state index contributed by atoms with van der Waals surface area (Å²) in [6, 6.07) is 12.7. The Labute approximate surface area is 123 Å². The summed E-state index contributed by atoms with van der Waals surface area (Å²) in [5, 5.41) is 3.20. The second kappa shape index (κ2) is 6.44.